The summed E-state index contributed by atoms with van der Waals surface area (Å²) in [4.78, 5) is 26.3. The topological polar surface area (TPSA) is 112 Å². The lowest BCUT2D eigenvalue weighted by atomic mass is 9.75. The summed E-state index contributed by atoms with van der Waals surface area (Å²) < 4.78 is 123. The molecule has 2 aromatic rings. The van der Waals surface area contributed by atoms with Crippen molar-refractivity contribution in [2.24, 2.45) is 5.92 Å². The molecule has 0 bridgehead atoms. The second-order valence-electron chi connectivity index (χ2n) is 12.2. The zero-order valence-corrected chi connectivity index (χ0v) is 24.7. The Balaban J connectivity index is 1.64. The predicted octanol–water partition coefficient (Wildman–Crippen LogP) is 5.51. The molecule has 1 aliphatic heterocycles. The Morgan fingerprint density at radius 2 is 1.47 bits per heavy atom. The molecule has 3 aliphatic rings. The highest BCUT2D eigenvalue weighted by molar-refractivity contribution is 7.92. The maximum absolute atomic E-state index is 15.0. The number of carboxylic acid groups (broad SMARTS) is 1. The number of amides is 1. The van der Waals surface area contributed by atoms with Crippen LogP contribution in [0.15, 0.2) is 47.4 Å². The van der Waals surface area contributed by atoms with Gasteiger partial charge in [-0.25, -0.2) is 12.8 Å². The fourth-order valence-electron chi connectivity index (χ4n) is 7.22. The van der Waals surface area contributed by atoms with Gasteiger partial charge in [-0.15, -0.1) is 0 Å². The molecule has 2 atom stereocenters. The van der Waals surface area contributed by atoms with Crippen molar-refractivity contribution in [2.45, 2.75) is 91.2 Å². The minimum atomic E-state index is -6.37. The molecule has 2 fully saturated rings. The molecule has 45 heavy (non-hydrogen) atoms. The molecule has 2 aliphatic carbocycles. The summed E-state index contributed by atoms with van der Waals surface area (Å²) in [5.74, 6) is -2.68. The Morgan fingerprint density at radius 1 is 0.889 bits per heavy atom. The van der Waals surface area contributed by atoms with Crippen LogP contribution in [0.2, 0.25) is 0 Å². The number of nitrogens with zero attached hydrogens (tertiary/aromatic N) is 1. The minimum absolute atomic E-state index is 0.00209. The van der Waals surface area contributed by atoms with E-state index in [4.69, 9.17) is 0 Å². The van der Waals surface area contributed by atoms with Crippen LogP contribution in [-0.4, -0.2) is 65.9 Å². The lowest BCUT2D eigenvalue weighted by Gasteiger charge is -2.45. The highest BCUT2D eigenvalue weighted by Gasteiger charge is 2.74. The fourth-order valence-corrected chi connectivity index (χ4v) is 9.59. The molecule has 0 spiro atoms. The number of fused-ring (bicyclic) bond motifs is 3. The van der Waals surface area contributed by atoms with Gasteiger partial charge in [-0.3, -0.25) is 9.59 Å². The van der Waals surface area contributed by atoms with E-state index in [0.717, 1.165) is 6.07 Å². The second-order valence-corrected chi connectivity index (χ2v) is 14.4. The van der Waals surface area contributed by atoms with E-state index >= 15 is 4.39 Å². The number of alkyl halides is 7. The summed E-state index contributed by atoms with van der Waals surface area (Å²) >= 11 is 0. The number of hydrogen-bond donors (Lipinski definition) is 2. The van der Waals surface area contributed by atoms with Crippen molar-refractivity contribution in [1.29, 1.82) is 0 Å². The standard InChI is InChI=1S/C30H30F7NO6S/c1-17-2-6-21(7-3-17)45(43,44)27-14-15-38(25(41)26(42)12-10-18(11-13-26)24(39)40)23(27)9-4-19-16-20(5-8-22(19)27)28(31,29(32,33)34)30(35,36)37/h2-3,5-8,16,18,23,42H,4,9-15H2,1H3,(H,39,40)/t18?,23-,26?,27-/m0/s1. The number of rotatable bonds is 5. The van der Waals surface area contributed by atoms with E-state index in [1.807, 2.05) is 0 Å². The molecule has 246 valence electrons. The van der Waals surface area contributed by atoms with Crippen LogP contribution in [0.4, 0.5) is 30.7 Å². The first-order chi connectivity index (χ1) is 20.7. The van der Waals surface area contributed by atoms with E-state index in [0.29, 0.717) is 17.7 Å². The van der Waals surface area contributed by atoms with E-state index in [-0.39, 0.29) is 67.5 Å². The van der Waals surface area contributed by atoms with Gasteiger partial charge in [0.1, 0.15) is 10.3 Å². The summed E-state index contributed by atoms with van der Waals surface area (Å²) in [7, 11) is -4.52. The number of hydrogen-bond acceptors (Lipinski definition) is 5. The number of aliphatic hydroxyl groups is 1. The first-order valence-electron chi connectivity index (χ1n) is 14.2. The van der Waals surface area contributed by atoms with Gasteiger partial charge in [0, 0.05) is 12.1 Å². The molecule has 0 aromatic heterocycles. The molecule has 15 heteroatoms. The van der Waals surface area contributed by atoms with Gasteiger partial charge >= 0.3 is 24.0 Å². The van der Waals surface area contributed by atoms with Gasteiger partial charge in [0.25, 0.3) is 5.91 Å². The maximum atomic E-state index is 15.0. The van der Waals surface area contributed by atoms with Gasteiger partial charge in [0.2, 0.25) is 0 Å². The average molecular weight is 666 g/mol. The van der Waals surface area contributed by atoms with Crippen molar-refractivity contribution in [3.8, 4) is 0 Å². The first kappa shape index (κ1) is 33.2. The van der Waals surface area contributed by atoms with Crippen LogP contribution in [0.5, 0.6) is 0 Å². The molecule has 2 N–H and O–H groups in total. The molecule has 1 amide bonds. The number of benzene rings is 2. The van der Waals surface area contributed by atoms with Crippen molar-refractivity contribution < 1.29 is 59.0 Å². The van der Waals surface area contributed by atoms with Gasteiger partial charge in [0.15, 0.2) is 9.84 Å². The Morgan fingerprint density at radius 3 is 2.00 bits per heavy atom. The number of aliphatic carboxylic acids is 1. The maximum Gasteiger partial charge on any atom is 0.435 e. The number of carbonyl (C=O) groups excluding carboxylic acids is 1. The zero-order chi connectivity index (χ0) is 33.4. The number of carbonyl (C=O) groups is 2. The van der Waals surface area contributed by atoms with Gasteiger partial charge in [-0.1, -0.05) is 35.9 Å². The smallest absolute Gasteiger partial charge is 0.435 e. The van der Waals surface area contributed by atoms with Crippen LogP contribution in [0.25, 0.3) is 0 Å². The Bertz CT molecular complexity index is 1600. The van der Waals surface area contributed by atoms with Crippen LogP contribution in [0.3, 0.4) is 0 Å². The van der Waals surface area contributed by atoms with Crippen LogP contribution >= 0.6 is 0 Å². The fraction of sp³-hybridized carbons (Fsp3) is 0.533. The van der Waals surface area contributed by atoms with E-state index < -0.39 is 67.6 Å². The van der Waals surface area contributed by atoms with Crippen molar-refractivity contribution in [1.82, 2.24) is 4.90 Å². The Kier molecular flexibility index (Phi) is 7.87. The summed E-state index contributed by atoms with van der Waals surface area (Å²) in [6, 6.07) is 5.93. The van der Waals surface area contributed by atoms with Gasteiger partial charge in [0.05, 0.1) is 16.9 Å². The summed E-state index contributed by atoms with van der Waals surface area (Å²) in [5, 5.41) is 20.6. The molecule has 0 radical (unpaired) electrons. The zero-order valence-electron chi connectivity index (χ0n) is 23.9. The molecule has 2 aromatic carbocycles. The first-order valence-corrected chi connectivity index (χ1v) is 15.7. The van der Waals surface area contributed by atoms with Crippen molar-refractivity contribution in [3.05, 3.63) is 64.7 Å². The molecular formula is C30H30F7NO6S. The molecular weight excluding hydrogens is 635 g/mol. The molecule has 1 heterocycles. The SMILES string of the molecule is Cc1ccc(S(=O)(=O)[C@]23CCN(C(=O)C4(O)CCC(C(=O)O)CC4)[C@H]2CCc2cc(C(F)(C(F)(F)F)C(F)(F)F)ccc23)cc1. The van der Waals surface area contributed by atoms with Gasteiger partial charge < -0.3 is 15.1 Å². The van der Waals surface area contributed by atoms with Crippen LogP contribution in [0, 0.1) is 12.8 Å². The predicted molar refractivity (Wildman–Crippen MR) is 144 cm³/mol. The Hall–Kier alpha value is -3.20. The summed E-state index contributed by atoms with van der Waals surface area (Å²) in [6.45, 7) is 1.48. The van der Waals surface area contributed by atoms with E-state index in [9.17, 15) is 54.6 Å². The lowest BCUT2D eigenvalue weighted by molar-refractivity contribution is -0.348. The van der Waals surface area contributed by atoms with Crippen LogP contribution < -0.4 is 0 Å². The highest BCUT2D eigenvalue weighted by atomic mass is 32.2. The monoisotopic (exact) mass is 665 g/mol. The summed E-state index contributed by atoms with van der Waals surface area (Å²) in [6.07, 6.45) is -13.9. The van der Waals surface area contributed by atoms with Crippen molar-refractivity contribution >= 4 is 21.7 Å². The molecule has 7 nitrogen and oxygen atoms in total. The number of likely N-dealkylation sites (tertiary alicyclic amines) is 1. The molecule has 0 unspecified atom stereocenters. The number of carboxylic acids is 1. The number of aryl methyl sites for hydroxylation is 2. The second kappa shape index (κ2) is 10.7. The van der Waals surface area contributed by atoms with Crippen LogP contribution in [-0.2, 0) is 36.3 Å². The third-order valence-corrected chi connectivity index (χ3v) is 12.2. The van der Waals surface area contributed by atoms with Gasteiger partial charge in [-0.05, 0) is 75.1 Å². The minimum Gasteiger partial charge on any atom is -0.481 e. The van der Waals surface area contributed by atoms with Gasteiger partial charge in [-0.2, -0.15) is 26.3 Å². The van der Waals surface area contributed by atoms with Crippen LogP contribution in [0.1, 0.15) is 60.8 Å². The number of sulfone groups is 1. The highest BCUT2D eigenvalue weighted by Crippen LogP contribution is 2.57. The van der Waals surface area contributed by atoms with E-state index in [1.165, 1.54) is 29.2 Å². The normalized spacial score (nSPS) is 27.5. The lowest BCUT2D eigenvalue weighted by Crippen LogP contribution is -2.57. The molecule has 5 rings (SSSR count). The van der Waals surface area contributed by atoms with Crippen molar-refractivity contribution in [3.63, 3.8) is 0 Å². The van der Waals surface area contributed by atoms with E-state index in [2.05, 4.69) is 0 Å². The van der Waals surface area contributed by atoms with E-state index in [1.54, 1.807) is 6.92 Å². The molecule has 1 saturated heterocycles. The largest absolute Gasteiger partial charge is 0.481 e. The Labute approximate surface area is 253 Å². The summed E-state index contributed by atoms with van der Waals surface area (Å²) in [5.41, 5.74) is -9.12. The quantitative estimate of drug-likeness (QED) is 0.408. The number of halogens is 7. The van der Waals surface area contributed by atoms with Crippen molar-refractivity contribution in [2.75, 3.05) is 6.54 Å². The average Bonchev–Trinajstić information content (AvgIpc) is 3.37. The third kappa shape index (κ3) is 4.91. The third-order valence-electron chi connectivity index (χ3n) is 9.70. The molecule has 1 saturated carbocycles.